The third-order valence-electron chi connectivity index (χ3n) is 6.04. The van der Waals surface area contributed by atoms with Gasteiger partial charge in [-0.15, -0.1) is 0 Å². The lowest BCUT2D eigenvalue weighted by Gasteiger charge is -2.17. The average molecular weight is 448 g/mol. The van der Waals surface area contributed by atoms with E-state index in [1.54, 1.807) is 36.7 Å². The second-order valence-electron chi connectivity index (χ2n) is 8.69. The molecule has 1 fully saturated rings. The van der Waals surface area contributed by atoms with Crippen molar-refractivity contribution < 1.29 is 19.0 Å². The largest absolute Gasteiger partial charge is 0.508 e. The summed E-state index contributed by atoms with van der Waals surface area (Å²) in [5, 5.41) is 19.9. The van der Waals surface area contributed by atoms with E-state index in [4.69, 9.17) is 0 Å². The first-order valence-electron chi connectivity index (χ1n) is 10.7. The zero-order valence-electron chi connectivity index (χ0n) is 18.2. The van der Waals surface area contributed by atoms with Gasteiger partial charge in [-0.1, -0.05) is 0 Å². The Labute approximate surface area is 188 Å². The van der Waals surface area contributed by atoms with Gasteiger partial charge in [0.2, 0.25) is 0 Å². The van der Waals surface area contributed by atoms with Crippen molar-refractivity contribution in [3.8, 4) is 22.6 Å². The first kappa shape index (κ1) is 21.1. The molecule has 2 aromatic heterocycles. The highest BCUT2D eigenvalue weighted by Gasteiger charge is 2.29. The fraction of sp³-hybridized carbons (Fsp3) is 0.231. The van der Waals surface area contributed by atoms with E-state index < -0.39 is 17.1 Å². The molecule has 7 heteroatoms. The quantitative estimate of drug-likeness (QED) is 0.416. The molecule has 0 bridgehead atoms. The van der Waals surface area contributed by atoms with E-state index in [-0.39, 0.29) is 46.0 Å². The highest BCUT2D eigenvalue weighted by molar-refractivity contribution is 5.87. The summed E-state index contributed by atoms with van der Waals surface area (Å²) in [4.78, 5) is 17.6. The Bertz CT molecular complexity index is 1470. The molecule has 0 saturated heterocycles. The van der Waals surface area contributed by atoms with Crippen molar-refractivity contribution >= 4 is 10.9 Å². The molecule has 1 saturated carbocycles. The van der Waals surface area contributed by atoms with Crippen LogP contribution in [-0.2, 0) is 6.42 Å². The minimum Gasteiger partial charge on any atom is -0.508 e. The van der Waals surface area contributed by atoms with Crippen molar-refractivity contribution in [2.24, 2.45) is 0 Å². The molecule has 2 aromatic carbocycles. The Hall–Kier alpha value is -3.74. The van der Waals surface area contributed by atoms with Gasteiger partial charge in [0.15, 0.2) is 11.2 Å². The molecule has 2 N–H and O–H groups in total. The number of benzene rings is 2. The van der Waals surface area contributed by atoms with Crippen molar-refractivity contribution in [3.05, 3.63) is 87.0 Å². The lowest BCUT2D eigenvalue weighted by molar-refractivity contribution is 0.455. The van der Waals surface area contributed by atoms with Gasteiger partial charge in [-0.3, -0.25) is 9.78 Å². The maximum Gasteiger partial charge on any atom is 0.193 e. The van der Waals surface area contributed by atoms with Crippen LogP contribution in [0.15, 0.2) is 47.4 Å². The number of aryl methyl sites for hydroxylation is 2. The van der Waals surface area contributed by atoms with Gasteiger partial charge in [-0.25, -0.2) is 8.78 Å². The maximum atomic E-state index is 15.9. The van der Waals surface area contributed by atoms with Gasteiger partial charge in [0, 0.05) is 41.2 Å². The maximum absolute atomic E-state index is 15.9. The van der Waals surface area contributed by atoms with E-state index in [1.807, 2.05) is 0 Å². The number of fused-ring (bicyclic) bond motifs is 1. The number of aromatic hydroxyl groups is 2. The van der Waals surface area contributed by atoms with Crippen molar-refractivity contribution in [1.29, 1.82) is 0 Å². The molecule has 0 aliphatic heterocycles. The number of rotatable bonds is 4. The molecule has 1 aliphatic rings. The normalized spacial score (nSPS) is 13.6. The van der Waals surface area contributed by atoms with Crippen LogP contribution >= 0.6 is 0 Å². The van der Waals surface area contributed by atoms with Crippen LogP contribution in [0.2, 0.25) is 0 Å². The number of pyridine rings is 2. The van der Waals surface area contributed by atoms with Crippen molar-refractivity contribution in [1.82, 2.24) is 9.55 Å². The number of hydrogen-bond donors (Lipinski definition) is 2. The van der Waals surface area contributed by atoms with Crippen LogP contribution in [0.3, 0.4) is 0 Å². The number of hydrogen-bond acceptors (Lipinski definition) is 4. The van der Waals surface area contributed by atoms with Gasteiger partial charge in [0.25, 0.3) is 0 Å². The number of nitrogens with zero attached hydrogens (tertiary/aromatic N) is 2. The fourth-order valence-corrected chi connectivity index (χ4v) is 4.43. The van der Waals surface area contributed by atoms with Gasteiger partial charge in [0.05, 0.1) is 16.5 Å². The van der Waals surface area contributed by atoms with E-state index >= 15 is 8.78 Å². The van der Waals surface area contributed by atoms with Gasteiger partial charge in [-0.05, 0) is 68.7 Å². The second kappa shape index (κ2) is 7.69. The summed E-state index contributed by atoms with van der Waals surface area (Å²) < 4.78 is 32.9. The van der Waals surface area contributed by atoms with Crippen molar-refractivity contribution in [2.45, 2.75) is 39.2 Å². The SMILES string of the molecule is Cc1cc(-c2c(F)cc3c(=O)c(Cc4cc(O)ccc4O)cn(C4CC4)c3c2F)cc(C)n1. The molecule has 0 atom stereocenters. The predicted octanol–water partition coefficient (Wildman–Crippen LogP) is 5.30. The van der Waals surface area contributed by atoms with Crippen molar-refractivity contribution in [3.63, 3.8) is 0 Å². The van der Waals surface area contributed by atoms with E-state index in [0.717, 1.165) is 18.9 Å². The Balaban J connectivity index is 1.76. The Morgan fingerprint density at radius 1 is 1.03 bits per heavy atom. The van der Waals surface area contributed by atoms with E-state index in [2.05, 4.69) is 4.98 Å². The lowest BCUT2D eigenvalue weighted by Crippen LogP contribution is -2.17. The molecule has 0 spiro atoms. The molecule has 0 radical (unpaired) electrons. The average Bonchev–Trinajstić information content (AvgIpc) is 3.57. The molecule has 5 rings (SSSR count). The topological polar surface area (TPSA) is 75.3 Å². The monoisotopic (exact) mass is 448 g/mol. The van der Waals surface area contributed by atoms with Crippen LogP contribution in [0.1, 0.15) is 41.4 Å². The molecule has 168 valence electrons. The Kier molecular flexibility index (Phi) is 4.92. The number of phenolic OH excluding ortho intramolecular Hbond substituents is 2. The molecule has 33 heavy (non-hydrogen) atoms. The molecular weight excluding hydrogens is 426 g/mol. The first-order chi connectivity index (χ1) is 15.7. The Morgan fingerprint density at radius 2 is 1.73 bits per heavy atom. The van der Waals surface area contributed by atoms with Crippen LogP contribution in [0.4, 0.5) is 8.78 Å². The summed E-state index contributed by atoms with van der Waals surface area (Å²) in [6.45, 7) is 3.52. The minimum atomic E-state index is -0.818. The van der Waals surface area contributed by atoms with Crippen LogP contribution in [0, 0.1) is 25.5 Å². The van der Waals surface area contributed by atoms with E-state index in [9.17, 15) is 15.0 Å². The van der Waals surface area contributed by atoms with Gasteiger partial charge in [0.1, 0.15) is 17.3 Å². The summed E-state index contributed by atoms with van der Waals surface area (Å²) >= 11 is 0. The third kappa shape index (κ3) is 3.73. The number of aromatic nitrogens is 2. The molecule has 4 aromatic rings. The summed E-state index contributed by atoms with van der Waals surface area (Å²) in [5.74, 6) is -1.70. The van der Waals surface area contributed by atoms with Crippen molar-refractivity contribution in [2.75, 3.05) is 0 Å². The van der Waals surface area contributed by atoms with Crippen LogP contribution in [-0.4, -0.2) is 19.8 Å². The highest BCUT2D eigenvalue weighted by atomic mass is 19.1. The lowest BCUT2D eigenvalue weighted by atomic mass is 9.98. The van der Waals surface area contributed by atoms with Crippen LogP contribution in [0.5, 0.6) is 11.5 Å². The molecule has 0 unspecified atom stereocenters. The van der Waals surface area contributed by atoms with E-state index in [1.165, 1.54) is 18.2 Å². The van der Waals surface area contributed by atoms with E-state index in [0.29, 0.717) is 22.5 Å². The zero-order chi connectivity index (χ0) is 23.4. The van der Waals surface area contributed by atoms with Gasteiger partial charge < -0.3 is 14.8 Å². The molecule has 1 aliphatic carbocycles. The number of halogens is 2. The molecule has 2 heterocycles. The molecule has 0 amide bonds. The zero-order valence-corrected chi connectivity index (χ0v) is 18.2. The summed E-state index contributed by atoms with van der Waals surface area (Å²) in [6, 6.07) is 8.42. The number of phenols is 2. The summed E-state index contributed by atoms with van der Waals surface area (Å²) in [5.41, 5.74) is 1.70. The molecule has 5 nitrogen and oxygen atoms in total. The highest BCUT2D eigenvalue weighted by Crippen LogP contribution is 2.40. The van der Waals surface area contributed by atoms with Gasteiger partial charge in [-0.2, -0.15) is 0 Å². The predicted molar refractivity (Wildman–Crippen MR) is 122 cm³/mol. The van der Waals surface area contributed by atoms with Gasteiger partial charge >= 0.3 is 0 Å². The third-order valence-corrected chi connectivity index (χ3v) is 6.04. The van der Waals surface area contributed by atoms with Crippen LogP contribution < -0.4 is 5.43 Å². The Morgan fingerprint density at radius 3 is 2.39 bits per heavy atom. The summed E-state index contributed by atoms with van der Waals surface area (Å²) in [6.07, 6.45) is 3.28. The smallest absolute Gasteiger partial charge is 0.193 e. The molecular formula is C26H22F2N2O3. The standard InChI is InChI=1S/C26H22F2N2O3/c1-13-7-16(8-14(2)29-13)23-21(27)11-20-25(24(23)28)30(18-3-4-18)12-17(26(20)33)9-15-10-19(31)5-6-22(15)32/h5-8,10-12,18,31-32H,3-4,9H2,1-2H3. The minimum absolute atomic E-state index is 0.0124. The second-order valence-corrected chi connectivity index (χ2v) is 8.69. The first-order valence-corrected chi connectivity index (χ1v) is 10.7. The summed E-state index contributed by atoms with van der Waals surface area (Å²) in [7, 11) is 0. The van der Waals surface area contributed by atoms with Crippen LogP contribution in [0.25, 0.3) is 22.0 Å². The fourth-order valence-electron chi connectivity index (χ4n) is 4.43.